The summed E-state index contributed by atoms with van der Waals surface area (Å²) < 4.78 is 33.1. The molecular weight excluding hydrogens is 360 g/mol. The lowest BCUT2D eigenvalue weighted by Crippen LogP contribution is -2.42. The highest BCUT2D eigenvalue weighted by Gasteiger charge is 2.55. The molecule has 2 N–H and O–H groups in total. The number of rotatable bonds is 1. The SMILES string of the molecule is CC(C)(C)C1=CC(c2ccc(Cl)cc2)S2(OS(=O)(=O)O2)C(N)=N1. The highest BCUT2D eigenvalue weighted by atomic mass is 35.5. The molecule has 0 bridgehead atoms. The van der Waals surface area contributed by atoms with Crippen LogP contribution in [0.15, 0.2) is 41.0 Å². The molecule has 2 aliphatic rings. The average Bonchev–Trinajstić information content (AvgIpc) is 2.39. The van der Waals surface area contributed by atoms with E-state index < -0.39 is 26.2 Å². The Hall–Kier alpha value is -1.06. The Morgan fingerprint density at radius 1 is 1.17 bits per heavy atom. The van der Waals surface area contributed by atoms with E-state index in [-0.39, 0.29) is 10.6 Å². The minimum absolute atomic E-state index is 0.0692. The maximum Gasteiger partial charge on any atom is 0.437 e. The molecule has 9 heteroatoms. The van der Waals surface area contributed by atoms with Crippen molar-refractivity contribution in [3.8, 4) is 0 Å². The van der Waals surface area contributed by atoms with E-state index in [1.807, 2.05) is 26.8 Å². The van der Waals surface area contributed by atoms with E-state index in [9.17, 15) is 8.42 Å². The van der Waals surface area contributed by atoms with Gasteiger partial charge in [-0.05, 0) is 23.8 Å². The van der Waals surface area contributed by atoms with Gasteiger partial charge in [-0.1, -0.05) is 55.1 Å². The molecule has 1 saturated heterocycles. The fraction of sp³-hybridized carbons (Fsp3) is 0.357. The maximum atomic E-state index is 11.4. The first kappa shape index (κ1) is 16.8. The third-order valence-electron chi connectivity index (χ3n) is 3.50. The van der Waals surface area contributed by atoms with Crippen molar-refractivity contribution in [3.63, 3.8) is 0 Å². The molecule has 0 aliphatic carbocycles. The van der Waals surface area contributed by atoms with Crippen molar-refractivity contribution in [2.24, 2.45) is 16.1 Å². The van der Waals surface area contributed by atoms with Crippen LogP contribution in [0, 0.1) is 5.41 Å². The van der Waals surface area contributed by atoms with Gasteiger partial charge in [-0.2, -0.15) is 8.42 Å². The molecule has 6 nitrogen and oxygen atoms in total. The van der Waals surface area contributed by atoms with E-state index in [4.69, 9.17) is 24.6 Å². The van der Waals surface area contributed by atoms with Crippen molar-refractivity contribution >= 4 is 37.8 Å². The number of nitrogens with two attached hydrogens (primary N) is 1. The lowest BCUT2D eigenvalue weighted by Gasteiger charge is -2.51. The fourth-order valence-electron chi connectivity index (χ4n) is 2.34. The standard InChI is InChI=1S/C14H17ClN2O4S2/c1-14(2,3)12-8-11(9-4-6-10(15)7-5-9)22(13(16)17-12)20-23(18,19)21-22/h4-8,11H,1-3H3,(H2,16,17). The van der Waals surface area contributed by atoms with Gasteiger partial charge < -0.3 is 5.73 Å². The molecule has 1 spiro atoms. The van der Waals surface area contributed by atoms with Crippen molar-refractivity contribution in [2.75, 3.05) is 0 Å². The van der Waals surface area contributed by atoms with Crippen LogP contribution in [-0.4, -0.2) is 13.6 Å². The second-order valence-electron chi connectivity index (χ2n) is 6.31. The molecular formula is C14H17ClN2O4S2. The van der Waals surface area contributed by atoms with Gasteiger partial charge in [0.2, 0.25) is 5.17 Å². The van der Waals surface area contributed by atoms with Crippen LogP contribution in [0.1, 0.15) is 31.6 Å². The van der Waals surface area contributed by atoms with Gasteiger partial charge in [-0.3, -0.25) is 0 Å². The number of hydrogen-bond donors (Lipinski definition) is 1. The van der Waals surface area contributed by atoms with E-state index in [1.54, 1.807) is 24.3 Å². The predicted octanol–water partition coefficient (Wildman–Crippen LogP) is 3.57. The van der Waals surface area contributed by atoms with Gasteiger partial charge in [0, 0.05) is 16.1 Å². The van der Waals surface area contributed by atoms with Crippen molar-refractivity contribution in [1.82, 2.24) is 0 Å². The normalized spacial score (nSPS) is 26.9. The van der Waals surface area contributed by atoms with E-state index in [0.717, 1.165) is 11.3 Å². The predicted molar refractivity (Wildman–Crippen MR) is 92.0 cm³/mol. The highest BCUT2D eigenvalue weighted by Crippen LogP contribution is 2.73. The zero-order chi connectivity index (χ0) is 17.0. The first-order chi connectivity index (χ1) is 10.5. The van der Waals surface area contributed by atoms with Gasteiger partial charge in [-0.25, -0.2) is 4.99 Å². The summed E-state index contributed by atoms with van der Waals surface area (Å²) in [5, 5.41) is 0.188. The van der Waals surface area contributed by atoms with Gasteiger partial charge in [0.1, 0.15) is 5.25 Å². The van der Waals surface area contributed by atoms with Crippen LogP contribution < -0.4 is 5.73 Å². The molecule has 23 heavy (non-hydrogen) atoms. The summed E-state index contributed by atoms with van der Waals surface area (Å²) in [6.07, 6.45) is 1.86. The zero-order valence-electron chi connectivity index (χ0n) is 12.8. The van der Waals surface area contributed by atoms with Crippen molar-refractivity contribution < 1.29 is 15.7 Å². The third kappa shape index (κ3) is 2.89. The minimum Gasteiger partial charge on any atom is -0.370 e. The summed E-state index contributed by atoms with van der Waals surface area (Å²) in [6.45, 7) is 6.00. The highest BCUT2D eigenvalue weighted by molar-refractivity contribution is 8.46. The molecule has 1 unspecified atom stereocenters. The van der Waals surface area contributed by atoms with Crippen LogP contribution in [0.5, 0.6) is 0 Å². The first-order valence-corrected chi connectivity index (χ1v) is 10.1. The molecule has 3 rings (SSSR count). The van der Waals surface area contributed by atoms with Crippen LogP contribution in [0.3, 0.4) is 0 Å². The largest absolute Gasteiger partial charge is 0.437 e. The van der Waals surface area contributed by atoms with Crippen LogP contribution in [0.4, 0.5) is 0 Å². The minimum atomic E-state index is -4.00. The number of hydrogen-bond acceptors (Lipinski definition) is 6. The van der Waals surface area contributed by atoms with Gasteiger partial charge in [-0.15, -0.1) is 7.26 Å². The quantitative estimate of drug-likeness (QED) is 0.809. The molecule has 1 fully saturated rings. The van der Waals surface area contributed by atoms with Crippen molar-refractivity contribution in [3.05, 3.63) is 46.6 Å². The zero-order valence-corrected chi connectivity index (χ0v) is 15.2. The molecule has 126 valence electrons. The van der Waals surface area contributed by atoms with Gasteiger partial charge >= 0.3 is 10.4 Å². The molecule has 0 radical (unpaired) electrons. The van der Waals surface area contributed by atoms with Crippen LogP contribution in [0.25, 0.3) is 0 Å². The Morgan fingerprint density at radius 2 is 1.74 bits per heavy atom. The fourth-order valence-corrected chi connectivity index (χ4v) is 7.03. The molecule has 0 aromatic heterocycles. The molecule has 0 saturated carbocycles. The average molecular weight is 377 g/mol. The second-order valence-corrected chi connectivity index (χ2v) is 10.7. The first-order valence-electron chi connectivity index (χ1n) is 6.85. The van der Waals surface area contributed by atoms with Gasteiger partial charge in [0.25, 0.3) is 0 Å². The Balaban J connectivity index is 2.12. The summed E-state index contributed by atoms with van der Waals surface area (Å²) in [5.41, 5.74) is 7.35. The lowest BCUT2D eigenvalue weighted by atomic mass is 9.91. The number of benzene rings is 1. The van der Waals surface area contributed by atoms with E-state index in [0.29, 0.717) is 5.02 Å². The Kier molecular flexibility index (Phi) is 3.81. The van der Waals surface area contributed by atoms with Crippen LogP contribution >= 0.6 is 22.2 Å². The van der Waals surface area contributed by atoms with E-state index in [2.05, 4.69) is 4.99 Å². The Morgan fingerprint density at radius 3 is 2.22 bits per heavy atom. The third-order valence-corrected chi connectivity index (χ3v) is 8.46. The number of nitrogens with zero attached hydrogens (tertiary/aromatic N) is 1. The summed E-state index contributed by atoms with van der Waals surface area (Å²) in [6, 6.07) is 7.05. The number of amidine groups is 1. The second kappa shape index (κ2) is 5.22. The topological polar surface area (TPSA) is 91.0 Å². The van der Waals surface area contributed by atoms with E-state index in [1.165, 1.54) is 0 Å². The number of allylic oxidation sites excluding steroid dienone is 1. The molecule has 1 aromatic rings. The maximum absolute atomic E-state index is 11.4. The Bertz CT molecular complexity index is 798. The Labute approximate surface area is 142 Å². The summed E-state index contributed by atoms with van der Waals surface area (Å²) >= 11 is 5.93. The van der Waals surface area contributed by atoms with Gasteiger partial charge in [0.05, 0.1) is 0 Å². The van der Waals surface area contributed by atoms with E-state index >= 15 is 0 Å². The monoisotopic (exact) mass is 376 g/mol. The number of halogens is 1. The molecule has 0 amide bonds. The van der Waals surface area contributed by atoms with Crippen LogP contribution in [0.2, 0.25) is 5.02 Å². The molecule has 2 heterocycles. The molecule has 1 atom stereocenters. The summed E-state index contributed by atoms with van der Waals surface area (Å²) in [7, 11) is -6.67. The van der Waals surface area contributed by atoms with Crippen molar-refractivity contribution in [1.29, 1.82) is 0 Å². The summed E-state index contributed by atoms with van der Waals surface area (Å²) in [4.78, 5) is 4.34. The molecule has 1 aromatic carbocycles. The number of aliphatic imine (C=N–C) groups is 1. The van der Waals surface area contributed by atoms with Crippen LogP contribution in [-0.2, 0) is 17.7 Å². The summed E-state index contributed by atoms with van der Waals surface area (Å²) in [5.74, 6) is 0. The molecule has 2 aliphatic heterocycles. The lowest BCUT2D eigenvalue weighted by molar-refractivity contribution is 0.346. The van der Waals surface area contributed by atoms with Crippen molar-refractivity contribution in [2.45, 2.75) is 26.0 Å². The smallest absolute Gasteiger partial charge is 0.370 e. The van der Waals surface area contributed by atoms with Gasteiger partial charge in [0.15, 0.2) is 0 Å².